The van der Waals surface area contributed by atoms with Gasteiger partial charge in [0.05, 0.1) is 0 Å². The molecule has 1 saturated carbocycles. The van der Waals surface area contributed by atoms with Gasteiger partial charge in [-0.3, -0.25) is 4.79 Å². The van der Waals surface area contributed by atoms with Crippen LogP contribution >= 0.6 is 0 Å². The molecule has 0 atom stereocenters. The fourth-order valence-electron chi connectivity index (χ4n) is 2.23. The van der Waals surface area contributed by atoms with Gasteiger partial charge in [0, 0.05) is 19.5 Å². The molecule has 0 heterocycles. The molecule has 1 aliphatic rings. The third-order valence-electron chi connectivity index (χ3n) is 3.20. The highest BCUT2D eigenvalue weighted by molar-refractivity contribution is 5.75. The van der Waals surface area contributed by atoms with Crippen LogP contribution in [-0.4, -0.2) is 26.0 Å². The SMILES string of the molecule is CNCCNC(=O)CCC1CCCCC1. The highest BCUT2D eigenvalue weighted by Crippen LogP contribution is 2.26. The van der Waals surface area contributed by atoms with Gasteiger partial charge < -0.3 is 10.6 Å². The Morgan fingerprint density at radius 1 is 1.20 bits per heavy atom. The summed E-state index contributed by atoms with van der Waals surface area (Å²) in [5, 5.41) is 5.94. The zero-order valence-corrected chi connectivity index (χ0v) is 9.85. The van der Waals surface area contributed by atoms with Crippen LogP contribution < -0.4 is 10.6 Å². The Labute approximate surface area is 93.0 Å². The van der Waals surface area contributed by atoms with Crippen molar-refractivity contribution in [2.24, 2.45) is 5.92 Å². The van der Waals surface area contributed by atoms with Crippen LogP contribution in [0, 0.1) is 5.92 Å². The average molecular weight is 212 g/mol. The Hall–Kier alpha value is -0.570. The summed E-state index contributed by atoms with van der Waals surface area (Å²) in [6, 6.07) is 0. The van der Waals surface area contributed by atoms with E-state index >= 15 is 0 Å². The summed E-state index contributed by atoms with van der Waals surface area (Å²) in [5.41, 5.74) is 0. The van der Waals surface area contributed by atoms with Gasteiger partial charge in [0.25, 0.3) is 0 Å². The van der Waals surface area contributed by atoms with Crippen LogP contribution in [0.1, 0.15) is 44.9 Å². The zero-order valence-electron chi connectivity index (χ0n) is 9.85. The average Bonchev–Trinajstić information content (AvgIpc) is 2.28. The molecule has 1 rings (SSSR count). The Balaban J connectivity index is 2.00. The van der Waals surface area contributed by atoms with Gasteiger partial charge >= 0.3 is 0 Å². The lowest BCUT2D eigenvalue weighted by Crippen LogP contribution is -2.30. The van der Waals surface area contributed by atoms with E-state index in [2.05, 4.69) is 10.6 Å². The minimum Gasteiger partial charge on any atom is -0.355 e. The summed E-state index contributed by atoms with van der Waals surface area (Å²) >= 11 is 0. The molecule has 15 heavy (non-hydrogen) atoms. The molecular weight excluding hydrogens is 188 g/mol. The quantitative estimate of drug-likeness (QED) is 0.658. The fraction of sp³-hybridized carbons (Fsp3) is 0.917. The van der Waals surface area contributed by atoms with E-state index in [4.69, 9.17) is 0 Å². The van der Waals surface area contributed by atoms with Crippen molar-refractivity contribution >= 4 is 5.91 Å². The van der Waals surface area contributed by atoms with Gasteiger partial charge in [-0.1, -0.05) is 32.1 Å². The first kappa shape index (κ1) is 12.5. The van der Waals surface area contributed by atoms with Crippen molar-refractivity contribution in [3.63, 3.8) is 0 Å². The summed E-state index contributed by atoms with van der Waals surface area (Å²) in [4.78, 5) is 11.4. The minimum absolute atomic E-state index is 0.218. The maximum absolute atomic E-state index is 11.4. The first-order chi connectivity index (χ1) is 7.33. The van der Waals surface area contributed by atoms with E-state index in [0.29, 0.717) is 6.42 Å². The molecule has 1 amide bonds. The summed E-state index contributed by atoms with van der Waals surface area (Å²) < 4.78 is 0. The third kappa shape index (κ3) is 5.78. The van der Waals surface area contributed by atoms with Crippen LogP contribution in [-0.2, 0) is 4.79 Å². The lowest BCUT2D eigenvalue weighted by Gasteiger charge is -2.20. The molecule has 0 aromatic rings. The maximum Gasteiger partial charge on any atom is 0.220 e. The largest absolute Gasteiger partial charge is 0.355 e. The van der Waals surface area contributed by atoms with E-state index in [-0.39, 0.29) is 5.91 Å². The molecule has 3 heteroatoms. The second-order valence-corrected chi connectivity index (χ2v) is 4.50. The number of hydrogen-bond acceptors (Lipinski definition) is 2. The van der Waals surface area contributed by atoms with Crippen molar-refractivity contribution in [1.29, 1.82) is 0 Å². The number of rotatable bonds is 6. The summed E-state index contributed by atoms with van der Waals surface area (Å²) in [6.45, 7) is 1.61. The molecule has 88 valence electrons. The Bertz CT molecular complexity index is 176. The van der Waals surface area contributed by atoms with Crippen molar-refractivity contribution < 1.29 is 4.79 Å². The number of likely N-dealkylation sites (N-methyl/N-ethyl adjacent to an activating group) is 1. The topological polar surface area (TPSA) is 41.1 Å². The van der Waals surface area contributed by atoms with Crippen molar-refractivity contribution in [1.82, 2.24) is 10.6 Å². The molecule has 0 unspecified atom stereocenters. The summed E-state index contributed by atoms with van der Waals surface area (Å²) in [5.74, 6) is 1.03. The second kappa shape index (κ2) is 7.69. The second-order valence-electron chi connectivity index (χ2n) is 4.50. The number of carbonyl (C=O) groups excluding carboxylic acids is 1. The Morgan fingerprint density at radius 2 is 1.93 bits per heavy atom. The number of nitrogens with one attached hydrogen (secondary N) is 2. The predicted molar refractivity (Wildman–Crippen MR) is 62.7 cm³/mol. The third-order valence-corrected chi connectivity index (χ3v) is 3.20. The monoisotopic (exact) mass is 212 g/mol. The lowest BCUT2D eigenvalue weighted by atomic mass is 9.86. The van der Waals surface area contributed by atoms with Crippen molar-refractivity contribution in [2.75, 3.05) is 20.1 Å². The lowest BCUT2D eigenvalue weighted by molar-refractivity contribution is -0.121. The minimum atomic E-state index is 0.218. The van der Waals surface area contributed by atoms with Gasteiger partial charge in [-0.05, 0) is 19.4 Å². The van der Waals surface area contributed by atoms with Crippen LogP contribution in [0.4, 0.5) is 0 Å². The van der Waals surface area contributed by atoms with Gasteiger partial charge in [0.15, 0.2) is 0 Å². The van der Waals surface area contributed by atoms with Crippen molar-refractivity contribution in [3.8, 4) is 0 Å². The zero-order chi connectivity index (χ0) is 10.9. The van der Waals surface area contributed by atoms with E-state index in [0.717, 1.165) is 25.4 Å². The Morgan fingerprint density at radius 3 is 2.60 bits per heavy atom. The first-order valence-electron chi connectivity index (χ1n) is 6.24. The highest BCUT2D eigenvalue weighted by Gasteiger charge is 2.14. The van der Waals surface area contributed by atoms with E-state index in [1.165, 1.54) is 32.1 Å². The molecule has 0 aromatic carbocycles. The molecule has 0 radical (unpaired) electrons. The molecule has 1 aliphatic carbocycles. The highest BCUT2D eigenvalue weighted by atomic mass is 16.1. The van der Waals surface area contributed by atoms with Crippen LogP contribution in [0.2, 0.25) is 0 Å². The van der Waals surface area contributed by atoms with Crippen molar-refractivity contribution in [3.05, 3.63) is 0 Å². The normalized spacial score (nSPS) is 17.7. The molecule has 0 aliphatic heterocycles. The van der Waals surface area contributed by atoms with E-state index < -0.39 is 0 Å². The smallest absolute Gasteiger partial charge is 0.220 e. The molecular formula is C12H24N2O. The number of carbonyl (C=O) groups is 1. The van der Waals surface area contributed by atoms with E-state index in [1.54, 1.807) is 0 Å². The summed E-state index contributed by atoms with van der Waals surface area (Å²) in [7, 11) is 1.90. The number of amides is 1. The molecule has 3 nitrogen and oxygen atoms in total. The standard InChI is InChI=1S/C12H24N2O/c1-13-9-10-14-12(15)8-7-11-5-3-2-4-6-11/h11,13H,2-10H2,1H3,(H,14,15). The van der Waals surface area contributed by atoms with E-state index in [1.807, 2.05) is 7.05 Å². The van der Waals surface area contributed by atoms with Gasteiger partial charge in [-0.25, -0.2) is 0 Å². The molecule has 0 saturated heterocycles. The first-order valence-corrected chi connectivity index (χ1v) is 6.24. The molecule has 0 aromatic heterocycles. The predicted octanol–water partition coefficient (Wildman–Crippen LogP) is 1.68. The molecule has 0 bridgehead atoms. The van der Waals surface area contributed by atoms with E-state index in [9.17, 15) is 4.79 Å². The van der Waals surface area contributed by atoms with Crippen LogP contribution in [0.3, 0.4) is 0 Å². The molecule has 2 N–H and O–H groups in total. The maximum atomic E-state index is 11.4. The van der Waals surface area contributed by atoms with Gasteiger partial charge in [-0.2, -0.15) is 0 Å². The van der Waals surface area contributed by atoms with Gasteiger partial charge in [0.2, 0.25) is 5.91 Å². The van der Waals surface area contributed by atoms with Crippen LogP contribution in [0.15, 0.2) is 0 Å². The molecule has 1 fully saturated rings. The van der Waals surface area contributed by atoms with Crippen molar-refractivity contribution in [2.45, 2.75) is 44.9 Å². The van der Waals surface area contributed by atoms with Gasteiger partial charge in [-0.15, -0.1) is 0 Å². The van der Waals surface area contributed by atoms with Crippen LogP contribution in [0.25, 0.3) is 0 Å². The number of hydrogen-bond donors (Lipinski definition) is 2. The Kier molecular flexibility index (Phi) is 6.41. The van der Waals surface area contributed by atoms with Crippen LogP contribution in [0.5, 0.6) is 0 Å². The summed E-state index contributed by atoms with van der Waals surface area (Å²) in [6.07, 6.45) is 8.61. The fourth-order valence-corrected chi connectivity index (χ4v) is 2.23. The molecule has 0 spiro atoms. The van der Waals surface area contributed by atoms with Gasteiger partial charge in [0.1, 0.15) is 0 Å².